The molecule has 1 saturated carbocycles. The monoisotopic (exact) mass is 486 g/mol. The maximum Gasteiger partial charge on any atom is 0.305 e. The van der Waals surface area contributed by atoms with Gasteiger partial charge in [-0.05, 0) is 31.6 Å². The number of Topliss-reactive ketones (excluding diaryl/α,β-unsaturated/α-hetero) is 1. The standard InChI is InChI=1S/C25H30N2O8/c1-5-14(29)35-22-15-10(2)11-7-6-8-13(28)16(11)21(31)17(15)23(32)25(34)9-12(24(26)33)20(30)19(18(22)25)27(3)4/h6-8,10,15,18-19,22,28,30-31,34H,5,9H2,1-4H3,(H2,26,33). The van der Waals surface area contributed by atoms with Crippen molar-refractivity contribution in [1.82, 2.24) is 4.90 Å². The van der Waals surface area contributed by atoms with E-state index in [2.05, 4.69) is 0 Å². The molecule has 3 aliphatic carbocycles. The third-order valence-electron chi connectivity index (χ3n) is 7.61. The smallest absolute Gasteiger partial charge is 0.305 e. The molecule has 4 rings (SSSR count). The number of likely N-dealkylation sites (N-methyl/N-ethyl adjacent to an activating group) is 1. The van der Waals surface area contributed by atoms with E-state index in [0.717, 1.165) is 0 Å². The van der Waals surface area contributed by atoms with Gasteiger partial charge in [0, 0.05) is 24.3 Å². The van der Waals surface area contributed by atoms with Crippen molar-refractivity contribution in [3.63, 3.8) is 0 Å². The topological polar surface area (TPSA) is 171 Å². The van der Waals surface area contributed by atoms with Crippen LogP contribution in [0, 0.1) is 11.8 Å². The van der Waals surface area contributed by atoms with E-state index in [1.807, 2.05) is 0 Å². The number of aliphatic hydroxyl groups excluding tert-OH is 2. The first-order chi connectivity index (χ1) is 16.4. The van der Waals surface area contributed by atoms with E-state index < -0.39 is 71.1 Å². The van der Waals surface area contributed by atoms with Crippen LogP contribution in [-0.2, 0) is 19.1 Å². The van der Waals surface area contributed by atoms with Crippen LogP contribution < -0.4 is 5.73 Å². The second kappa shape index (κ2) is 8.39. The molecule has 0 bridgehead atoms. The number of phenolic OH excluding ortho intramolecular Hbond substituents is 1. The van der Waals surface area contributed by atoms with E-state index in [4.69, 9.17) is 10.5 Å². The normalized spacial score (nSPS) is 32.2. The number of rotatable bonds is 4. The summed E-state index contributed by atoms with van der Waals surface area (Å²) in [5.74, 6) is -6.21. The van der Waals surface area contributed by atoms with Crippen LogP contribution in [0.5, 0.6) is 5.75 Å². The van der Waals surface area contributed by atoms with Gasteiger partial charge in [0.2, 0.25) is 5.91 Å². The highest BCUT2D eigenvalue weighted by Gasteiger charge is 2.66. The summed E-state index contributed by atoms with van der Waals surface area (Å²) in [5, 5.41) is 44.6. The number of carbonyl (C=O) groups is 3. The molecule has 0 radical (unpaired) electrons. The minimum Gasteiger partial charge on any atom is -0.510 e. The summed E-state index contributed by atoms with van der Waals surface area (Å²) in [4.78, 5) is 40.2. The third-order valence-corrected chi connectivity index (χ3v) is 7.61. The van der Waals surface area contributed by atoms with E-state index in [-0.39, 0.29) is 28.9 Å². The summed E-state index contributed by atoms with van der Waals surface area (Å²) < 4.78 is 5.85. The van der Waals surface area contributed by atoms with Gasteiger partial charge < -0.3 is 30.9 Å². The van der Waals surface area contributed by atoms with Crippen molar-refractivity contribution in [2.24, 2.45) is 17.6 Å². The summed E-state index contributed by atoms with van der Waals surface area (Å²) in [6, 6.07) is 3.59. The number of hydrogen-bond acceptors (Lipinski definition) is 9. The fraction of sp³-hybridized carbons (Fsp3) is 0.480. The van der Waals surface area contributed by atoms with Gasteiger partial charge in [-0.2, -0.15) is 0 Å². The average molecular weight is 487 g/mol. The Morgan fingerprint density at radius 2 is 1.89 bits per heavy atom. The molecule has 10 heteroatoms. The Kier molecular flexibility index (Phi) is 5.93. The Balaban J connectivity index is 2.04. The summed E-state index contributed by atoms with van der Waals surface area (Å²) in [7, 11) is 3.18. The van der Waals surface area contributed by atoms with E-state index in [1.54, 1.807) is 40.1 Å². The summed E-state index contributed by atoms with van der Waals surface area (Å²) >= 11 is 0. The number of phenols is 1. The number of nitrogens with zero attached hydrogens (tertiary/aromatic N) is 1. The maximum atomic E-state index is 14.0. The SMILES string of the molecule is CCC(=O)OC1C2C(=C(O)c3c(O)cccc3C2C)C(=O)C2(O)CC(C(N)=O)=C(O)C(N(C)C)C12. The first-order valence-corrected chi connectivity index (χ1v) is 11.5. The number of ether oxygens (including phenoxy) is 1. The van der Waals surface area contributed by atoms with Crippen LogP contribution in [0.25, 0.3) is 5.76 Å². The first-order valence-electron chi connectivity index (χ1n) is 11.5. The van der Waals surface area contributed by atoms with Crippen molar-refractivity contribution in [3.05, 3.63) is 46.2 Å². The van der Waals surface area contributed by atoms with E-state index >= 15 is 0 Å². The van der Waals surface area contributed by atoms with Crippen molar-refractivity contribution in [2.75, 3.05) is 14.1 Å². The molecule has 1 aromatic carbocycles. The van der Waals surface area contributed by atoms with E-state index in [1.165, 1.54) is 11.0 Å². The van der Waals surface area contributed by atoms with Gasteiger partial charge >= 0.3 is 5.97 Å². The van der Waals surface area contributed by atoms with Crippen molar-refractivity contribution in [1.29, 1.82) is 0 Å². The van der Waals surface area contributed by atoms with Gasteiger partial charge in [0.25, 0.3) is 0 Å². The van der Waals surface area contributed by atoms with Gasteiger partial charge in [0.1, 0.15) is 29.0 Å². The summed E-state index contributed by atoms with van der Waals surface area (Å²) in [6.07, 6.45) is -1.76. The van der Waals surface area contributed by atoms with Gasteiger partial charge in [-0.3, -0.25) is 19.3 Å². The highest BCUT2D eigenvalue weighted by molar-refractivity contribution is 6.11. The number of carbonyl (C=O) groups excluding carboxylic acids is 3. The molecule has 10 nitrogen and oxygen atoms in total. The predicted molar refractivity (Wildman–Crippen MR) is 124 cm³/mol. The van der Waals surface area contributed by atoms with Crippen LogP contribution in [0.2, 0.25) is 0 Å². The van der Waals surface area contributed by atoms with Crippen LogP contribution in [0.3, 0.4) is 0 Å². The minimum atomic E-state index is -2.33. The number of aromatic hydroxyl groups is 1. The van der Waals surface area contributed by atoms with Crippen LogP contribution in [0.1, 0.15) is 43.7 Å². The molecule has 188 valence electrons. The first kappa shape index (κ1) is 24.7. The number of aliphatic hydroxyl groups is 3. The van der Waals surface area contributed by atoms with Gasteiger partial charge in [-0.1, -0.05) is 26.0 Å². The molecule has 0 aliphatic heterocycles. The molecule has 1 aromatic rings. The lowest BCUT2D eigenvalue weighted by molar-refractivity contribution is -0.185. The third kappa shape index (κ3) is 3.42. The Bertz CT molecular complexity index is 1190. The molecule has 6 N–H and O–H groups in total. The summed E-state index contributed by atoms with van der Waals surface area (Å²) in [6.45, 7) is 3.37. The largest absolute Gasteiger partial charge is 0.510 e. The Hall–Kier alpha value is -3.37. The molecule has 3 aliphatic rings. The van der Waals surface area contributed by atoms with Crippen molar-refractivity contribution in [3.8, 4) is 5.75 Å². The number of ketones is 1. The minimum absolute atomic E-state index is 0.0140. The lowest BCUT2D eigenvalue weighted by Crippen LogP contribution is -2.68. The van der Waals surface area contributed by atoms with Crippen LogP contribution in [0.15, 0.2) is 35.1 Å². The predicted octanol–water partition coefficient (Wildman–Crippen LogP) is 1.28. The fourth-order valence-corrected chi connectivity index (χ4v) is 6.03. The second-order valence-electron chi connectivity index (χ2n) is 9.72. The molecule has 0 heterocycles. The number of amides is 1. The Morgan fingerprint density at radius 1 is 1.23 bits per heavy atom. The number of nitrogens with two attached hydrogens (primary N) is 1. The molecule has 35 heavy (non-hydrogen) atoms. The molecule has 0 spiro atoms. The Labute approximate surface area is 202 Å². The van der Waals surface area contributed by atoms with E-state index in [9.17, 15) is 34.8 Å². The molecular formula is C25H30N2O8. The van der Waals surface area contributed by atoms with Gasteiger partial charge in [0.15, 0.2) is 5.78 Å². The second-order valence-corrected chi connectivity index (χ2v) is 9.72. The van der Waals surface area contributed by atoms with E-state index in [0.29, 0.717) is 5.56 Å². The summed E-state index contributed by atoms with van der Waals surface area (Å²) in [5.41, 5.74) is 3.24. The maximum absolute atomic E-state index is 14.0. The number of primary amides is 1. The van der Waals surface area contributed by atoms with Gasteiger partial charge in [-0.15, -0.1) is 0 Å². The quantitative estimate of drug-likeness (QED) is 0.393. The lowest BCUT2D eigenvalue weighted by Gasteiger charge is -2.55. The molecule has 1 fully saturated rings. The van der Waals surface area contributed by atoms with Crippen molar-refractivity contribution >= 4 is 23.4 Å². The molecule has 0 saturated heterocycles. The van der Waals surface area contributed by atoms with Crippen LogP contribution >= 0.6 is 0 Å². The van der Waals surface area contributed by atoms with Crippen molar-refractivity contribution < 1.29 is 39.5 Å². The van der Waals surface area contributed by atoms with Gasteiger partial charge in [0.05, 0.1) is 23.1 Å². The molecule has 0 aromatic heterocycles. The van der Waals surface area contributed by atoms with Crippen molar-refractivity contribution in [2.45, 2.75) is 50.4 Å². The number of fused-ring (bicyclic) bond motifs is 3. The number of esters is 1. The highest BCUT2D eigenvalue weighted by atomic mass is 16.5. The number of hydrogen-bond donors (Lipinski definition) is 5. The highest BCUT2D eigenvalue weighted by Crippen LogP contribution is 2.57. The van der Waals surface area contributed by atoms with Gasteiger partial charge in [-0.25, -0.2) is 0 Å². The Morgan fingerprint density at radius 3 is 2.46 bits per heavy atom. The zero-order valence-corrected chi connectivity index (χ0v) is 20.0. The fourth-order valence-electron chi connectivity index (χ4n) is 6.03. The molecule has 6 atom stereocenters. The zero-order valence-electron chi connectivity index (χ0n) is 20.0. The van der Waals surface area contributed by atoms with Crippen LogP contribution in [0.4, 0.5) is 0 Å². The number of benzene rings is 1. The van der Waals surface area contributed by atoms with Crippen LogP contribution in [-0.4, -0.2) is 74.8 Å². The average Bonchev–Trinajstić information content (AvgIpc) is 2.79. The lowest BCUT2D eigenvalue weighted by atomic mass is 9.54. The zero-order chi connectivity index (χ0) is 26.0. The molecule has 1 amide bonds. The molecule has 6 unspecified atom stereocenters. The molecular weight excluding hydrogens is 456 g/mol.